The smallest absolute Gasteiger partial charge is 0.179 e. The summed E-state index contributed by atoms with van der Waals surface area (Å²) in [5.74, 6) is -0.202. The monoisotopic (exact) mass is 298 g/mol. The maximum Gasteiger partial charge on any atom is 0.179 e. The fourth-order valence-electron chi connectivity index (χ4n) is 2.23. The van der Waals surface area contributed by atoms with Gasteiger partial charge in [0.25, 0.3) is 0 Å². The fraction of sp³-hybridized carbons (Fsp3) is 0.118. The Balaban J connectivity index is 1.85. The third-order valence-electron chi connectivity index (χ3n) is 3.30. The number of para-hydroxylation sites is 1. The van der Waals surface area contributed by atoms with Crippen LogP contribution in [-0.4, -0.2) is 15.7 Å². The molecule has 0 saturated heterocycles. The van der Waals surface area contributed by atoms with E-state index >= 15 is 0 Å². The summed E-state index contributed by atoms with van der Waals surface area (Å²) in [5, 5.41) is 0.767. The fourth-order valence-corrected chi connectivity index (χ4v) is 3.34. The minimum absolute atomic E-state index is 0.0347. The molecular weight excluding hydrogens is 284 g/mol. The summed E-state index contributed by atoms with van der Waals surface area (Å²) in [7, 11) is -1.34. The topological polar surface area (TPSA) is 47.3 Å². The number of carbonyl (C=O) groups is 1. The maximum absolute atomic E-state index is 12.3. The molecule has 1 atom stereocenters. The number of rotatable bonds is 4. The summed E-state index contributed by atoms with van der Waals surface area (Å²) in [6.07, 6.45) is 1.44. The van der Waals surface area contributed by atoms with E-state index in [1.807, 2.05) is 49.4 Å². The normalized spacial score (nSPS) is 12.4. The summed E-state index contributed by atoms with van der Waals surface area (Å²) < 4.78 is 17.7. The molecule has 0 radical (unpaired) electrons. The standard InChI is InChI=1S/C17H14O3S/c1-12-5-4-6-13(9-12)21(19)11-16(18)15-10-20-17-8-3-2-7-14(15)17/h2-10H,11H2,1H3. The number of Topliss-reactive ketones (excluding diaryl/α,β-unsaturated/α-hetero) is 1. The summed E-state index contributed by atoms with van der Waals surface area (Å²) in [5.41, 5.74) is 2.19. The van der Waals surface area contributed by atoms with Gasteiger partial charge in [0, 0.05) is 10.3 Å². The number of benzene rings is 2. The van der Waals surface area contributed by atoms with Gasteiger partial charge in [0.15, 0.2) is 5.78 Å². The van der Waals surface area contributed by atoms with E-state index in [1.165, 1.54) is 6.26 Å². The van der Waals surface area contributed by atoms with Crippen molar-refractivity contribution in [3.05, 3.63) is 65.9 Å². The van der Waals surface area contributed by atoms with Crippen LogP contribution in [0.25, 0.3) is 11.0 Å². The molecule has 3 nitrogen and oxygen atoms in total. The number of ketones is 1. The van der Waals surface area contributed by atoms with Crippen LogP contribution in [0.15, 0.2) is 64.1 Å². The Kier molecular flexibility index (Phi) is 3.71. The van der Waals surface area contributed by atoms with Crippen molar-refractivity contribution in [1.29, 1.82) is 0 Å². The average Bonchev–Trinajstić information content (AvgIpc) is 2.91. The number of carbonyl (C=O) groups excluding carboxylic acids is 1. The van der Waals surface area contributed by atoms with Crippen molar-refractivity contribution in [2.24, 2.45) is 0 Å². The van der Waals surface area contributed by atoms with E-state index in [0.717, 1.165) is 10.9 Å². The molecule has 3 aromatic rings. The molecule has 1 heterocycles. The number of hydrogen-bond acceptors (Lipinski definition) is 3. The van der Waals surface area contributed by atoms with Gasteiger partial charge in [0.2, 0.25) is 0 Å². The zero-order chi connectivity index (χ0) is 14.8. The first kappa shape index (κ1) is 13.8. The molecule has 1 aromatic heterocycles. The van der Waals surface area contributed by atoms with Gasteiger partial charge in [0.05, 0.1) is 22.1 Å². The van der Waals surface area contributed by atoms with Crippen molar-refractivity contribution < 1.29 is 13.4 Å². The lowest BCUT2D eigenvalue weighted by Gasteiger charge is -2.02. The van der Waals surface area contributed by atoms with Gasteiger partial charge in [-0.25, -0.2) is 0 Å². The van der Waals surface area contributed by atoms with E-state index < -0.39 is 10.8 Å². The summed E-state index contributed by atoms with van der Waals surface area (Å²) >= 11 is 0. The molecule has 0 N–H and O–H groups in total. The lowest BCUT2D eigenvalue weighted by atomic mass is 10.1. The Labute approximate surface area is 125 Å². The molecular formula is C17H14O3S. The van der Waals surface area contributed by atoms with Crippen LogP contribution in [-0.2, 0) is 10.8 Å². The van der Waals surface area contributed by atoms with Crippen molar-refractivity contribution in [2.45, 2.75) is 11.8 Å². The molecule has 2 aromatic carbocycles. The van der Waals surface area contributed by atoms with Gasteiger partial charge in [-0.3, -0.25) is 9.00 Å². The van der Waals surface area contributed by atoms with E-state index in [2.05, 4.69) is 0 Å². The lowest BCUT2D eigenvalue weighted by molar-refractivity contribution is 0.102. The first-order valence-corrected chi connectivity index (χ1v) is 7.91. The van der Waals surface area contributed by atoms with Crippen molar-refractivity contribution >= 4 is 27.6 Å². The quantitative estimate of drug-likeness (QED) is 0.689. The van der Waals surface area contributed by atoms with Crippen molar-refractivity contribution in [3.63, 3.8) is 0 Å². The van der Waals surface area contributed by atoms with Crippen molar-refractivity contribution in [1.82, 2.24) is 0 Å². The van der Waals surface area contributed by atoms with Gasteiger partial charge in [-0.1, -0.05) is 30.3 Å². The van der Waals surface area contributed by atoms with Crippen LogP contribution < -0.4 is 0 Å². The van der Waals surface area contributed by atoms with Gasteiger partial charge in [0.1, 0.15) is 11.8 Å². The predicted molar refractivity (Wildman–Crippen MR) is 83.0 cm³/mol. The third kappa shape index (κ3) is 2.81. The van der Waals surface area contributed by atoms with E-state index in [0.29, 0.717) is 16.0 Å². The van der Waals surface area contributed by atoms with Crippen LogP contribution in [0.2, 0.25) is 0 Å². The molecule has 106 valence electrons. The van der Waals surface area contributed by atoms with Gasteiger partial charge in [-0.15, -0.1) is 0 Å². The SMILES string of the molecule is Cc1cccc(S(=O)CC(=O)c2coc3ccccc23)c1. The van der Waals surface area contributed by atoms with Gasteiger partial charge in [-0.2, -0.15) is 0 Å². The highest BCUT2D eigenvalue weighted by Gasteiger charge is 2.17. The molecule has 0 aliphatic rings. The molecule has 0 fully saturated rings. The second-order valence-electron chi connectivity index (χ2n) is 4.88. The molecule has 0 spiro atoms. The zero-order valence-corrected chi connectivity index (χ0v) is 12.4. The zero-order valence-electron chi connectivity index (χ0n) is 11.5. The van der Waals surface area contributed by atoms with Gasteiger partial charge >= 0.3 is 0 Å². The molecule has 4 heteroatoms. The number of furan rings is 1. The Hall–Kier alpha value is -2.20. The molecule has 0 amide bonds. The van der Waals surface area contributed by atoms with Crippen LogP contribution in [0.4, 0.5) is 0 Å². The number of aryl methyl sites for hydroxylation is 1. The largest absolute Gasteiger partial charge is 0.464 e. The highest BCUT2D eigenvalue weighted by Crippen LogP contribution is 2.22. The molecule has 0 bridgehead atoms. The van der Waals surface area contributed by atoms with E-state index in [9.17, 15) is 9.00 Å². The van der Waals surface area contributed by atoms with Crippen molar-refractivity contribution in [2.75, 3.05) is 5.75 Å². The van der Waals surface area contributed by atoms with Crippen molar-refractivity contribution in [3.8, 4) is 0 Å². The highest BCUT2D eigenvalue weighted by atomic mass is 32.2. The minimum atomic E-state index is -1.34. The lowest BCUT2D eigenvalue weighted by Crippen LogP contribution is -2.10. The second-order valence-corrected chi connectivity index (χ2v) is 6.33. The van der Waals surface area contributed by atoms with E-state index in [4.69, 9.17) is 4.42 Å². The first-order valence-electron chi connectivity index (χ1n) is 6.59. The first-order chi connectivity index (χ1) is 10.1. The second kappa shape index (κ2) is 5.66. The third-order valence-corrected chi connectivity index (χ3v) is 4.60. The molecule has 0 saturated carbocycles. The number of fused-ring (bicyclic) bond motifs is 1. The molecule has 0 aliphatic carbocycles. The van der Waals surface area contributed by atoms with E-state index in [1.54, 1.807) is 6.07 Å². The van der Waals surface area contributed by atoms with Crippen LogP contribution >= 0.6 is 0 Å². The maximum atomic E-state index is 12.3. The van der Waals surface area contributed by atoms with Crippen LogP contribution in [0.5, 0.6) is 0 Å². The van der Waals surface area contributed by atoms with Gasteiger partial charge in [-0.05, 0) is 30.7 Å². The summed E-state index contributed by atoms with van der Waals surface area (Å²) in [6.45, 7) is 1.94. The van der Waals surface area contributed by atoms with E-state index in [-0.39, 0.29) is 11.5 Å². The Morgan fingerprint density at radius 2 is 1.95 bits per heavy atom. The molecule has 3 rings (SSSR count). The molecule has 0 aliphatic heterocycles. The highest BCUT2D eigenvalue weighted by molar-refractivity contribution is 7.85. The van der Waals surface area contributed by atoms with Crippen LogP contribution in [0.1, 0.15) is 15.9 Å². The summed E-state index contributed by atoms with van der Waals surface area (Å²) in [6, 6.07) is 14.8. The average molecular weight is 298 g/mol. The Bertz CT molecular complexity index is 833. The molecule has 21 heavy (non-hydrogen) atoms. The predicted octanol–water partition coefficient (Wildman–Crippen LogP) is 3.73. The van der Waals surface area contributed by atoms with Crippen LogP contribution in [0.3, 0.4) is 0 Å². The Morgan fingerprint density at radius 1 is 1.14 bits per heavy atom. The Morgan fingerprint density at radius 3 is 2.76 bits per heavy atom. The minimum Gasteiger partial charge on any atom is -0.464 e. The number of hydrogen-bond donors (Lipinski definition) is 0. The summed E-state index contributed by atoms with van der Waals surface area (Å²) in [4.78, 5) is 13.0. The van der Waals surface area contributed by atoms with Gasteiger partial charge < -0.3 is 4.42 Å². The van der Waals surface area contributed by atoms with Crippen LogP contribution in [0, 0.1) is 6.92 Å². The molecule has 1 unspecified atom stereocenters.